The van der Waals surface area contributed by atoms with Gasteiger partial charge in [-0.1, -0.05) is 0 Å². The van der Waals surface area contributed by atoms with Crippen LogP contribution in [0.15, 0.2) is 21.5 Å². The summed E-state index contributed by atoms with van der Waals surface area (Å²) in [7, 11) is 0. The number of thioether (sulfide) groups is 1. The van der Waals surface area contributed by atoms with Gasteiger partial charge in [0.05, 0.1) is 11.4 Å². The highest BCUT2D eigenvalue weighted by Gasteiger charge is 2.19. The number of benzene rings is 1. The van der Waals surface area contributed by atoms with Crippen LogP contribution < -0.4 is 5.73 Å². The number of nitrogen functional groups attached to an aromatic ring is 1. The van der Waals surface area contributed by atoms with Gasteiger partial charge in [0.1, 0.15) is 11.9 Å². The number of halogens is 2. The van der Waals surface area contributed by atoms with Gasteiger partial charge in [-0.3, -0.25) is 4.79 Å². The van der Waals surface area contributed by atoms with Crippen LogP contribution >= 0.6 is 27.7 Å². The molecule has 0 radical (unpaired) electrons. The second-order valence-corrected chi connectivity index (χ2v) is 6.36. The normalized spacial score (nSPS) is 15.7. The van der Waals surface area contributed by atoms with Gasteiger partial charge in [-0.05, 0) is 53.7 Å². The third kappa shape index (κ3) is 4.11. The maximum atomic E-state index is 13.2. The summed E-state index contributed by atoms with van der Waals surface area (Å²) < 4.78 is 19.1. The number of hydrogen-bond donors (Lipinski definition) is 1. The molecule has 0 amide bonds. The van der Waals surface area contributed by atoms with E-state index >= 15 is 0 Å². The Morgan fingerprint density at radius 3 is 2.84 bits per heavy atom. The first-order valence-corrected chi connectivity index (χ1v) is 7.91. The quantitative estimate of drug-likeness (QED) is 0.512. The van der Waals surface area contributed by atoms with Gasteiger partial charge < -0.3 is 10.5 Å². The Hall–Kier alpha value is -0.750. The Balaban J connectivity index is 1.87. The molecule has 1 aromatic rings. The van der Waals surface area contributed by atoms with Crippen molar-refractivity contribution in [3.05, 3.63) is 22.4 Å². The first kappa shape index (κ1) is 14.7. The summed E-state index contributed by atoms with van der Waals surface area (Å²) in [6.07, 6.45) is 4.26. The van der Waals surface area contributed by atoms with E-state index in [0.717, 1.165) is 30.6 Å². The van der Waals surface area contributed by atoms with Crippen molar-refractivity contribution in [2.75, 3.05) is 11.5 Å². The monoisotopic (exact) mass is 347 g/mol. The number of hydrogen-bond acceptors (Lipinski definition) is 4. The fraction of sp³-hybridized carbons (Fsp3) is 0.462. The van der Waals surface area contributed by atoms with Gasteiger partial charge in [-0.25, -0.2) is 4.39 Å². The van der Waals surface area contributed by atoms with E-state index in [1.807, 2.05) is 0 Å². The topological polar surface area (TPSA) is 52.3 Å². The molecule has 104 valence electrons. The zero-order chi connectivity index (χ0) is 13.8. The highest BCUT2D eigenvalue weighted by atomic mass is 79.9. The summed E-state index contributed by atoms with van der Waals surface area (Å²) in [6, 6.07) is 2.83. The minimum atomic E-state index is -0.468. The lowest BCUT2D eigenvalue weighted by molar-refractivity contribution is -0.145. The predicted octanol–water partition coefficient (Wildman–Crippen LogP) is 3.75. The van der Waals surface area contributed by atoms with Crippen molar-refractivity contribution >= 4 is 39.3 Å². The van der Waals surface area contributed by atoms with Gasteiger partial charge in [0.25, 0.3) is 0 Å². The summed E-state index contributed by atoms with van der Waals surface area (Å²) in [6.45, 7) is 0. The summed E-state index contributed by atoms with van der Waals surface area (Å²) in [5.41, 5.74) is 5.58. The second-order valence-electron chi connectivity index (χ2n) is 4.49. The second kappa shape index (κ2) is 6.61. The molecule has 0 aliphatic heterocycles. The number of esters is 1. The zero-order valence-electron chi connectivity index (χ0n) is 10.3. The molecule has 3 nitrogen and oxygen atoms in total. The fourth-order valence-corrected chi connectivity index (χ4v) is 3.43. The van der Waals surface area contributed by atoms with Crippen LogP contribution in [0.5, 0.6) is 0 Å². The van der Waals surface area contributed by atoms with Crippen LogP contribution in [0.3, 0.4) is 0 Å². The Kier molecular flexibility index (Phi) is 5.10. The summed E-state index contributed by atoms with van der Waals surface area (Å²) in [5, 5.41) is 0. The summed E-state index contributed by atoms with van der Waals surface area (Å²) >= 11 is 4.54. The maximum absolute atomic E-state index is 13.2. The standard InChI is InChI=1S/C13H15BrFNO2S/c14-9-5-10(15)11(16)6-12(9)19-7-13(17)18-8-3-1-2-4-8/h5-6,8H,1-4,7,16H2. The first-order valence-electron chi connectivity index (χ1n) is 6.13. The zero-order valence-corrected chi connectivity index (χ0v) is 12.7. The fourth-order valence-electron chi connectivity index (χ4n) is 2.02. The number of nitrogens with two attached hydrogens (primary N) is 1. The molecule has 0 unspecified atom stereocenters. The van der Waals surface area contributed by atoms with E-state index in [1.54, 1.807) is 0 Å². The molecular formula is C13H15BrFNO2S. The first-order chi connectivity index (χ1) is 9.06. The van der Waals surface area contributed by atoms with Crippen molar-refractivity contribution in [3.8, 4) is 0 Å². The lowest BCUT2D eigenvalue weighted by atomic mass is 10.3. The van der Waals surface area contributed by atoms with Crippen LogP contribution in [-0.2, 0) is 9.53 Å². The van der Waals surface area contributed by atoms with Gasteiger partial charge in [0.2, 0.25) is 0 Å². The molecule has 1 aliphatic rings. The lowest BCUT2D eigenvalue weighted by Crippen LogP contribution is -2.16. The van der Waals surface area contributed by atoms with E-state index in [9.17, 15) is 9.18 Å². The summed E-state index contributed by atoms with van der Waals surface area (Å²) in [5.74, 6) is -0.489. The van der Waals surface area contributed by atoms with Crippen molar-refractivity contribution in [2.24, 2.45) is 0 Å². The van der Waals surface area contributed by atoms with Crippen molar-refractivity contribution in [1.29, 1.82) is 0 Å². The Morgan fingerprint density at radius 1 is 1.47 bits per heavy atom. The molecule has 0 aromatic heterocycles. The predicted molar refractivity (Wildman–Crippen MR) is 77.6 cm³/mol. The van der Waals surface area contributed by atoms with Crippen molar-refractivity contribution in [2.45, 2.75) is 36.7 Å². The van der Waals surface area contributed by atoms with Crippen LogP contribution in [-0.4, -0.2) is 17.8 Å². The van der Waals surface area contributed by atoms with Gasteiger partial charge in [0, 0.05) is 9.37 Å². The largest absolute Gasteiger partial charge is 0.462 e. The van der Waals surface area contributed by atoms with Crippen molar-refractivity contribution < 1.29 is 13.9 Å². The molecular weight excluding hydrogens is 333 g/mol. The molecule has 0 heterocycles. The number of carbonyl (C=O) groups excluding carboxylic acids is 1. The highest BCUT2D eigenvalue weighted by Crippen LogP contribution is 2.31. The molecule has 1 fully saturated rings. The van der Waals surface area contributed by atoms with E-state index < -0.39 is 5.82 Å². The molecule has 0 bridgehead atoms. The lowest BCUT2D eigenvalue weighted by Gasteiger charge is -2.11. The van der Waals surface area contributed by atoms with Crippen LogP contribution in [0.2, 0.25) is 0 Å². The smallest absolute Gasteiger partial charge is 0.316 e. The maximum Gasteiger partial charge on any atom is 0.316 e. The minimum absolute atomic E-state index is 0.0785. The van der Waals surface area contributed by atoms with Gasteiger partial charge in [0.15, 0.2) is 0 Å². The Labute approximate surface area is 124 Å². The van der Waals surface area contributed by atoms with E-state index in [0.29, 0.717) is 4.47 Å². The molecule has 0 spiro atoms. The van der Waals surface area contributed by atoms with Gasteiger partial charge >= 0.3 is 5.97 Å². The van der Waals surface area contributed by atoms with Crippen LogP contribution in [0, 0.1) is 5.82 Å². The van der Waals surface area contributed by atoms with E-state index in [1.165, 1.54) is 23.9 Å². The average molecular weight is 348 g/mol. The Bertz CT molecular complexity index is 478. The van der Waals surface area contributed by atoms with Gasteiger partial charge in [-0.2, -0.15) is 0 Å². The molecule has 0 atom stereocenters. The third-order valence-electron chi connectivity index (χ3n) is 3.00. The highest BCUT2D eigenvalue weighted by molar-refractivity contribution is 9.10. The molecule has 0 saturated heterocycles. The molecule has 2 N–H and O–H groups in total. The number of carbonyl (C=O) groups is 1. The van der Waals surface area contributed by atoms with Crippen LogP contribution in [0.4, 0.5) is 10.1 Å². The van der Waals surface area contributed by atoms with Crippen LogP contribution in [0.1, 0.15) is 25.7 Å². The number of rotatable bonds is 4. The molecule has 1 saturated carbocycles. The van der Waals surface area contributed by atoms with E-state index in [2.05, 4.69) is 15.9 Å². The molecule has 19 heavy (non-hydrogen) atoms. The SMILES string of the molecule is Nc1cc(SCC(=O)OC2CCCC2)c(Br)cc1F. The van der Waals surface area contributed by atoms with E-state index in [4.69, 9.17) is 10.5 Å². The number of ether oxygens (including phenoxy) is 1. The summed E-state index contributed by atoms with van der Waals surface area (Å²) in [4.78, 5) is 12.4. The van der Waals surface area contributed by atoms with Gasteiger partial charge in [-0.15, -0.1) is 11.8 Å². The minimum Gasteiger partial charge on any atom is -0.462 e. The third-order valence-corrected chi connectivity index (χ3v) is 4.94. The van der Waals surface area contributed by atoms with Crippen molar-refractivity contribution in [3.63, 3.8) is 0 Å². The van der Waals surface area contributed by atoms with E-state index in [-0.39, 0.29) is 23.5 Å². The average Bonchev–Trinajstić information content (AvgIpc) is 2.85. The van der Waals surface area contributed by atoms with Crippen molar-refractivity contribution in [1.82, 2.24) is 0 Å². The molecule has 1 aromatic carbocycles. The number of anilines is 1. The molecule has 1 aliphatic carbocycles. The van der Waals surface area contributed by atoms with Crippen LogP contribution in [0.25, 0.3) is 0 Å². The molecule has 2 rings (SSSR count). The molecule has 6 heteroatoms. The Morgan fingerprint density at radius 2 is 2.16 bits per heavy atom.